The van der Waals surface area contributed by atoms with Crippen molar-refractivity contribution in [2.75, 3.05) is 20.5 Å². The lowest BCUT2D eigenvalue weighted by molar-refractivity contribution is 0.0511. The van der Waals surface area contributed by atoms with Gasteiger partial charge in [0.25, 0.3) is 0 Å². The number of methoxy groups -OCH3 is 1. The van der Waals surface area contributed by atoms with Crippen molar-refractivity contribution in [2.45, 2.75) is 130 Å². The first kappa shape index (κ1) is 46.0. The summed E-state index contributed by atoms with van der Waals surface area (Å²) in [7, 11) is 1.61. The van der Waals surface area contributed by atoms with Gasteiger partial charge in [0.05, 0.1) is 12.2 Å². The van der Waals surface area contributed by atoms with E-state index in [1.54, 1.807) is 31.6 Å². The van der Waals surface area contributed by atoms with E-state index in [-0.39, 0.29) is 12.6 Å². The molecular weight excluding hydrogens is 724 g/mol. The fourth-order valence-corrected chi connectivity index (χ4v) is 6.59. The Bertz CT molecular complexity index is 1810. The standard InChI is InChI=1S/C30H39FN2O.C20H28N2O2/c1-4-5-6-7-8-12-24-13-15-25(16-14-24)26-21-32-30(33-22-26)28-18-17-27(20-29(28)31)34-19-10-9-11-23(2)3;1-3-4-5-6-7-8-9-17-14-21-20(22-15-17)18-10-12-19(13-11-18)24-16-23-2/h13-18,20-23H,4-12,19H2,1-3H3;10-15H,3-9,16H2,1-2H3. The maximum Gasteiger partial charge on any atom is 0.188 e. The highest BCUT2D eigenvalue weighted by atomic mass is 19.1. The molecule has 58 heavy (non-hydrogen) atoms. The monoisotopic (exact) mass is 791 g/mol. The SMILES string of the molecule is CCCCCCCCc1cnc(-c2ccc(OCOC)cc2)nc1.CCCCCCCc1ccc(-c2cnc(-c3ccc(OCCCCC(C)C)cc3F)nc2)cc1. The van der Waals surface area contributed by atoms with Gasteiger partial charge in [-0.1, -0.05) is 116 Å². The second kappa shape index (κ2) is 27.1. The molecule has 0 saturated carbocycles. The number of nitrogens with zero attached hydrogens (tertiary/aromatic N) is 4. The van der Waals surface area contributed by atoms with Crippen LogP contribution in [0.4, 0.5) is 4.39 Å². The van der Waals surface area contributed by atoms with E-state index in [1.165, 1.54) is 94.2 Å². The summed E-state index contributed by atoms with van der Waals surface area (Å²) in [5.41, 5.74) is 5.96. The molecule has 0 bridgehead atoms. The third kappa shape index (κ3) is 17.0. The van der Waals surface area contributed by atoms with Gasteiger partial charge >= 0.3 is 0 Å². The minimum absolute atomic E-state index is 0.253. The van der Waals surface area contributed by atoms with Gasteiger partial charge in [-0.2, -0.15) is 0 Å². The predicted octanol–water partition coefficient (Wildman–Crippen LogP) is 13.7. The summed E-state index contributed by atoms with van der Waals surface area (Å²) in [6.45, 7) is 9.79. The number of hydrogen-bond acceptors (Lipinski definition) is 7. The largest absolute Gasteiger partial charge is 0.493 e. The maximum absolute atomic E-state index is 14.7. The van der Waals surface area contributed by atoms with Crippen LogP contribution in [0.3, 0.4) is 0 Å². The zero-order chi connectivity index (χ0) is 41.2. The molecule has 5 rings (SSSR count). The highest BCUT2D eigenvalue weighted by molar-refractivity contribution is 5.64. The van der Waals surface area contributed by atoms with Crippen LogP contribution in [0.1, 0.15) is 129 Å². The summed E-state index contributed by atoms with van der Waals surface area (Å²) in [6.07, 6.45) is 27.2. The number of aromatic nitrogens is 4. The van der Waals surface area contributed by atoms with Gasteiger partial charge in [-0.15, -0.1) is 0 Å². The van der Waals surface area contributed by atoms with Gasteiger partial charge in [-0.05, 0) is 97.5 Å². The number of halogens is 1. The molecule has 0 radical (unpaired) electrons. The van der Waals surface area contributed by atoms with Crippen LogP contribution in [0, 0.1) is 11.7 Å². The van der Waals surface area contributed by atoms with Crippen LogP contribution in [0.2, 0.25) is 0 Å². The molecule has 7 nitrogen and oxygen atoms in total. The summed E-state index contributed by atoms with van der Waals surface area (Å²) in [6, 6.07) is 21.3. The molecule has 0 aliphatic carbocycles. The fraction of sp³-hybridized carbons (Fsp3) is 0.480. The van der Waals surface area contributed by atoms with Crippen LogP contribution >= 0.6 is 0 Å². The molecule has 0 amide bonds. The topological polar surface area (TPSA) is 79.2 Å². The molecule has 312 valence electrons. The fourth-order valence-electron chi connectivity index (χ4n) is 6.59. The molecule has 2 heterocycles. The third-order valence-electron chi connectivity index (χ3n) is 10.1. The zero-order valence-corrected chi connectivity index (χ0v) is 35.9. The molecule has 5 aromatic rings. The molecule has 8 heteroatoms. The van der Waals surface area contributed by atoms with Crippen LogP contribution in [-0.4, -0.2) is 40.4 Å². The molecule has 0 N–H and O–H groups in total. The second-order valence-electron chi connectivity index (χ2n) is 15.5. The molecule has 3 aromatic carbocycles. The van der Waals surface area contributed by atoms with Crippen LogP contribution in [0.25, 0.3) is 33.9 Å². The first-order valence-corrected chi connectivity index (χ1v) is 21.8. The Kier molecular flexibility index (Phi) is 21.5. The minimum atomic E-state index is -0.365. The molecule has 0 aliphatic heterocycles. The summed E-state index contributed by atoms with van der Waals surface area (Å²) >= 11 is 0. The second-order valence-corrected chi connectivity index (χ2v) is 15.5. The van der Waals surface area contributed by atoms with Crippen molar-refractivity contribution in [1.29, 1.82) is 0 Å². The van der Waals surface area contributed by atoms with Gasteiger partial charge in [-0.3, -0.25) is 0 Å². The minimum Gasteiger partial charge on any atom is -0.493 e. The van der Waals surface area contributed by atoms with E-state index in [0.29, 0.717) is 29.7 Å². The molecule has 0 unspecified atom stereocenters. The van der Waals surface area contributed by atoms with Crippen molar-refractivity contribution in [2.24, 2.45) is 5.92 Å². The normalized spacial score (nSPS) is 11.0. The molecule has 0 aliphatic rings. The Morgan fingerprint density at radius 3 is 1.71 bits per heavy atom. The Morgan fingerprint density at radius 1 is 0.534 bits per heavy atom. The highest BCUT2D eigenvalue weighted by Crippen LogP contribution is 2.26. The van der Waals surface area contributed by atoms with Crippen LogP contribution in [-0.2, 0) is 17.6 Å². The Hall–Kier alpha value is -4.69. The summed E-state index contributed by atoms with van der Waals surface area (Å²) in [5.74, 6) is 2.80. The van der Waals surface area contributed by atoms with Crippen molar-refractivity contribution in [1.82, 2.24) is 19.9 Å². The number of unbranched alkanes of at least 4 members (excludes halogenated alkanes) is 10. The van der Waals surface area contributed by atoms with Crippen molar-refractivity contribution in [3.63, 3.8) is 0 Å². The van der Waals surface area contributed by atoms with Gasteiger partial charge in [0, 0.05) is 49.1 Å². The van der Waals surface area contributed by atoms with Crippen molar-refractivity contribution >= 4 is 0 Å². The van der Waals surface area contributed by atoms with Crippen molar-refractivity contribution in [3.8, 4) is 45.4 Å². The quantitative estimate of drug-likeness (QED) is 0.0430. The molecule has 0 spiro atoms. The molecule has 0 atom stereocenters. The lowest BCUT2D eigenvalue weighted by atomic mass is 10.0. The van der Waals surface area contributed by atoms with E-state index in [0.717, 1.165) is 53.9 Å². The first-order chi connectivity index (χ1) is 28.4. The number of benzene rings is 3. The number of rotatable bonds is 25. The van der Waals surface area contributed by atoms with Gasteiger partial charge in [-0.25, -0.2) is 24.3 Å². The van der Waals surface area contributed by atoms with E-state index in [1.807, 2.05) is 36.7 Å². The molecular formula is C50H67FN4O3. The maximum atomic E-state index is 14.7. The van der Waals surface area contributed by atoms with E-state index in [2.05, 4.69) is 71.9 Å². The number of ether oxygens (including phenoxy) is 3. The van der Waals surface area contributed by atoms with Crippen molar-refractivity contribution in [3.05, 3.63) is 108 Å². The van der Waals surface area contributed by atoms with E-state index < -0.39 is 0 Å². The van der Waals surface area contributed by atoms with Crippen LogP contribution in [0.15, 0.2) is 91.5 Å². The van der Waals surface area contributed by atoms with Crippen LogP contribution in [0.5, 0.6) is 11.5 Å². The first-order valence-electron chi connectivity index (χ1n) is 21.8. The lowest BCUT2D eigenvalue weighted by Gasteiger charge is -2.09. The predicted molar refractivity (Wildman–Crippen MR) is 237 cm³/mol. The zero-order valence-electron chi connectivity index (χ0n) is 35.9. The van der Waals surface area contributed by atoms with Crippen LogP contribution < -0.4 is 9.47 Å². The van der Waals surface area contributed by atoms with E-state index in [4.69, 9.17) is 14.2 Å². The molecule has 0 saturated heterocycles. The third-order valence-corrected chi connectivity index (χ3v) is 10.1. The number of aryl methyl sites for hydroxylation is 2. The van der Waals surface area contributed by atoms with Gasteiger partial charge in [0.15, 0.2) is 18.4 Å². The smallest absolute Gasteiger partial charge is 0.188 e. The van der Waals surface area contributed by atoms with Crippen molar-refractivity contribution < 1.29 is 18.6 Å². The molecule has 2 aromatic heterocycles. The van der Waals surface area contributed by atoms with Gasteiger partial charge < -0.3 is 14.2 Å². The Labute approximate surface area is 348 Å². The lowest BCUT2D eigenvalue weighted by Crippen LogP contribution is -2.00. The highest BCUT2D eigenvalue weighted by Gasteiger charge is 2.11. The average molecular weight is 791 g/mol. The van der Waals surface area contributed by atoms with E-state index in [9.17, 15) is 4.39 Å². The molecule has 0 fully saturated rings. The average Bonchev–Trinajstić information content (AvgIpc) is 3.25. The number of hydrogen-bond donors (Lipinski definition) is 0. The van der Waals surface area contributed by atoms with E-state index >= 15 is 0 Å². The Morgan fingerprint density at radius 2 is 1.10 bits per heavy atom. The summed E-state index contributed by atoms with van der Waals surface area (Å²) < 4.78 is 30.7. The van der Waals surface area contributed by atoms with Gasteiger partial charge in [0.2, 0.25) is 0 Å². The summed E-state index contributed by atoms with van der Waals surface area (Å²) in [5, 5.41) is 0. The summed E-state index contributed by atoms with van der Waals surface area (Å²) in [4.78, 5) is 17.8. The van der Waals surface area contributed by atoms with Gasteiger partial charge in [0.1, 0.15) is 17.3 Å². The Balaban J connectivity index is 0.000000273.